The van der Waals surface area contributed by atoms with Crippen LogP contribution in [0.25, 0.3) is 5.76 Å². The van der Waals surface area contributed by atoms with Gasteiger partial charge in [-0.1, -0.05) is 36.4 Å². The average molecular weight is 296 g/mol. The fourth-order valence-electron chi connectivity index (χ4n) is 1.59. The minimum Gasteiger partial charge on any atom is -0.508 e. The molecule has 0 aliphatic heterocycles. The molecule has 2 N–H and O–H groups in total. The first-order chi connectivity index (χ1) is 7.97. The van der Waals surface area contributed by atoms with E-state index in [0.717, 1.165) is 21.3 Å². The summed E-state index contributed by atoms with van der Waals surface area (Å²) in [5.41, 5.74) is 2.72. The van der Waals surface area contributed by atoms with Crippen molar-refractivity contribution in [2.75, 3.05) is 5.32 Å². The van der Waals surface area contributed by atoms with Gasteiger partial charge in [0.1, 0.15) is 5.76 Å². The maximum Gasteiger partial charge on any atom is 0.121 e. The standard InChI is InChI=1S/C14H18BrNO/c1-5-16-14-10(4)12(15)7-6-11(14)13(17)8-9(2)3/h5-9,16-17H,1H2,2-4H3/b13-8+. The number of aliphatic hydroxyl groups is 1. The second-order valence-corrected chi connectivity index (χ2v) is 5.09. The number of halogens is 1. The molecule has 0 heterocycles. The Kier molecular flexibility index (Phi) is 4.82. The molecule has 0 unspecified atom stereocenters. The summed E-state index contributed by atoms with van der Waals surface area (Å²) in [5.74, 6) is 0.593. The summed E-state index contributed by atoms with van der Waals surface area (Å²) in [6.07, 6.45) is 3.44. The van der Waals surface area contributed by atoms with Crippen LogP contribution in [0.15, 0.2) is 35.5 Å². The first-order valence-electron chi connectivity index (χ1n) is 5.55. The molecular weight excluding hydrogens is 278 g/mol. The third-order valence-corrected chi connectivity index (χ3v) is 3.27. The van der Waals surface area contributed by atoms with Gasteiger partial charge in [0.25, 0.3) is 0 Å². The van der Waals surface area contributed by atoms with Crippen molar-refractivity contribution in [2.24, 2.45) is 5.92 Å². The molecule has 0 fully saturated rings. The van der Waals surface area contributed by atoms with Crippen LogP contribution in [0.3, 0.4) is 0 Å². The average Bonchev–Trinajstić information content (AvgIpc) is 2.24. The Labute approximate surface area is 111 Å². The Morgan fingerprint density at radius 1 is 1.47 bits per heavy atom. The second-order valence-electron chi connectivity index (χ2n) is 4.24. The normalized spacial score (nSPS) is 11.7. The van der Waals surface area contributed by atoms with Gasteiger partial charge in [-0.2, -0.15) is 0 Å². The van der Waals surface area contributed by atoms with Gasteiger partial charge in [0.15, 0.2) is 0 Å². The van der Waals surface area contributed by atoms with Crippen LogP contribution in [0.5, 0.6) is 0 Å². The summed E-state index contributed by atoms with van der Waals surface area (Å²) < 4.78 is 1.00. The lowest BCUT2D eigenvalue weighted by Gasteiger charge is -2.14. The van der Waals surface area contributed by atoms with Crippen molar-refractivity contribution in [1.29, 1.82) is 0 Å². The van der Waals surface area contributed by atoms with Crippen molar-refractivity contribution >= 4 is 27.4 Å². The van der Waals surface area contributed by atoms with Crippen molar-refractivity contribution in [1.82, 2.24) is 0 Å². The van der Waals surface area contributed by atoms with Crippen LogP contribution < -0.4 is 5.32 Å². The van der Waals surface area contributed by atoms with Crippen LogP contribution in [-0.4, -0.2) is 5.11 Å². The first-order valence-corrected chi connectivity index (χ1v) is 6.34. The van der Waals surface area contributed by atoms with Crippen molar-refractivity contribution in [3.63, 3.8) is 0 Å². The van der Waals surface area contributed by atoms with Gasteiger partial charge in [-0.3, -0.25) is 0 Å². The van der Waals surface area contributed by atoms with E-state index in [4.69, 9.17) is 0 Å². The van der Waals surface area contributed by atoms with Gasteiger partial charge in [0.05, 0.1) is 5.69 Å². The molecule has 0 bridgehead atoms. The van der Waals surface area contributed by atoms with Crippen LogP contribution in [0.1, 0.15) is 25.0 Å². The molecular formula is C14H18BrNO. The van der Waals surface area contributed by atoms with Gasteiger partial charge in [0.2, 0.25) is 0 Å². The SMILES string of the molecule is C=CNc1c(/C(O)=C\C(C)C)ccc(Br)c1C. The molecule has 0 spiro atoms. The molecule has 0 radical (unpaired) electrons. The van der Waals surface area contributed by atoms with Crippen molar-refractivity contribution < 1.29 is 5.11 Å². The van der Waals surface area contributed by atoms with Crippen LogP contribution in [0.2, 0.25) is 0 Å². The molecule has 1 aromatic carbocycles. The van der Waals surface area contributed by atoms with Gasteiger partial charge >= 0.3 is 0 Å². The number of hydrogen-bond acceptors (Lipinski definition) is 2. The number of anilines is 1. The van der Waals surface area contributed by atoms with E-state index in [-0.39, 0.29) is 0 Å². The molecule has 0 atom stereocenters. The third kappa shape index (κ3) is 3.37. The molecule has 0 aliphatic carbocycles. The van der Waals surface area contributed by atoms with Gasteiger partial charge < -0.3 is 10.4 Å². The van der Waals surface area contributed by atoms with Gasteiger partial charge in [-0.15, -0.1) is 0 Å². The van der Waals surface area contributed by atoms with Crippen LogP contribution in [0, 0.1) is 12.8 Å². The smallest absolute Gasteiger partial charge is 0.121 e. The number of aliphatic hydroxyl groups excluding tert-OH is 1. The number of benzene rings is 1. The predicted octanol–water partition coefficient (Wildman–Crippen LogP) is 4.87. The van der Waals surface area contributed by atoms with E-state index >= 15 is 0 Å². The Balaban J connectivity index is 3.33. The Hall–Kier alpha value is -1.22. The predicted molar refractivity (Wildman–Crippen MR) is 78.1 cm³/mol. The van der Waals surface area contributed by atoms with E-state index in [2.05, 4.69) is 27.8 Å². The van der Waals surface area contributed by atoms with E-state index in [1.165, 1.54) is 0 Å². The largest absolute Gasteiger partial charge is 0.508 e. The van der Waals surface area contributed by atoms with Gasteiger partial charge in [0, 0.05) is 10.0 Å². The summed E-state index contributed by atoms with van der Waals surface area (Å²) in [5, 5.41) is 13.2. The summed E-state index contributed by atoms with van der Waals surface area (Å²) in [6, 6.07) is 3.82. The molecule has 0 saturated carbocycles. The lowest BCUT2D eigenvalue weighted by molar-refractivity contribution is 0.506. The van der Waals surface area contributed by atoms with Gasteiger partial charge in [-0.25, -0.2) is 0 Å². The topological polar surface area (TPSA) is 32.3 Å². The summed E-state index contributed by atoms with van der Waals surface area (Å²) in [7, 11) is 0. The van der Waals surface area contributed by atoms with E-state index < -0.39 is 0 Å². The highest BCUT2D eigenvalue weighted by Crippen LogP contribution is 2.31. The highest BCUT2D eigenvalue weighted by Gasteiger charge is 2.11. The van der Waals surface area contributed by atoms with E-state index in [9.17, 15) is 5.11 Å². The quantitative estimate of drug-likeness (QED) is 0.777. The monoisotopic (exact) mass is 295 g/mol. The fourth-order valence-corrected chi connectivity index (χ4v) is 1.92. The molecule has 1 aromatic rings. The summed E-state index contributed by atoms with van der Waals surface area (Å²) in [6.45, 7) is 9.71. The molecule has 0 amide bonds. The van der Waals surface area contributed by atoms with E-state index in [0.29, 0.717) is 11.7 Å². The minimum atomic E-state index is 0.292. The zero-order valence-electron chi connectivity index (χ0n) is 10.4. The lowest BCUT2D eigenvalue weighted by Crippen LogP contribution is -1.98. The molecule has 0 aromatic heterocycles. The maximum atomic E-state index is 10.1. The van der Waals surface area contributed by atoms with Crippen molar-refractivity contribution in [3.05, 3.63) is 46.6 Å². The third-order valence-electron chi connectivity index (χ3n) is 2.41. The van der Waals surface area contributed by atoms with E-state index in [1.54, 1.807) is 6.20 Å². The number of allylic oxidation sites excluding steroid dienone is 1. The Morgan fingerprint density at radius 3 is 2.65 bits per heavy atom. The highest BCUT2D eigenvalue weighted by atomic mass is 79.9. The minimum absolute atomic E-state index is 0.292. The number of hydrogen-bond donors (Lipinski definition) is 2. The first kappa shape index (κ1) is 13.8. The maximum absolute atomic E-state index is 10.1. The van der Waals surface area contributed by atoms with Crippen LogP contribution in [0.4, 0.5) is 5.69 Å². The van der Waals surface area contributed by atoms with E-state index in [1.807, 2.05) is 39.0 Å². The molecule has 0 aliphatic rings. The van der Waals surface area contributed by atoms with Crippen molar-refractivity contribution in [3.8, 4) is 0 Å². The molecule has 92 valence electrons. The summed E-state index contributed by atoms with van der Waals surface area (Å²) in [4.78, 5) is 0. The number of rotatable bonds is 4. The fraction of sp³-hybridized carbons (Fsp3) is 0.286. The Bertz CT molecular complexity index is 450. The molecule has 17 heavy (non-hydrogen) atoms. The second kappa shape index (κ2) is 5.92. The molecule has 3 heteroatoms. The lowest BCUT2D eigenvalue weighted by atomic mass is 10.0. The zero-order chi connectivity index (χ0) is 13.0. The molecule has 2 nitrogen and oxygen atoms in total. The van der Waals surface area contributed by atoms with Gasteiger partial charge in [-0.05, 0) is 42.8 Å². The van der Waals surface area contributed by atoms with Crippen LogP contribution >= 0.6 is 15.9 Å². The van der Waals surface area contributed by atoms with Crippen LogP contribution in [-0.2, 0) is 0 Å². The number of nitrogens with one attached hydrogen (secondary N) is 1. The Morgan fingerprint density at radius 2 is 2.12 bits per heavy atom. The molecule has 1 rings (SSSR count). The summed E-state index contributed by atoms with van der Waals surface area (Å²) >= 11 is 3.47. The highest BCUT2D eigenvalue weighted by molar-refractivity contribution is 9.10. The zero-order valence-corrected chi connectivity index (χ0v) is 12.0. The molecule has 0 saturated heterocycles. The van der Waals surface area contributed by atoms with Crippen molar-refractivity contribution in [2.45, 2.75) is 20.8 Å².